The molecular weight excluding hydrogens is 474 g/mol. The number of carbonyl (C=O) groups is 1. The van der Waals surface area contributed by atoms with Crippen molar-refractivity contribution < 1.29 is 9.90 Å². The number of carbonyl (C=O) groups excluding carboxylic acids is 1. The van der Waals surface area contributed by atoms with Crippen molar-refractivity contribution in [2.45, 2.75) is 38.5 Å². The van der Waals surface area contributed by atoms with Crippen molar-refractivity contribution in [3.63, 3.8) is 0 Å². The van der Waals surface area contributed by atoms with Gasteiger partial charge in [-0.25, -0.2) is 10.0 Å². The average molecular weight is 504 g/mol. The number of nitrogens with one attached hydrogen (secondary N) is 1. The lowest BCUT2D eigenvalue weighted by atomic mass is 9.91. The quantitative estimate of drug-likeness (QED) is 0.336. The van der Waals surface area contributed by atoms with Crippen LogP contribution in [-0.2, 0) is 11.3 Å². The Balaban J connectivity index is 1.72. The predicted molar refractivity (Wildman–Crippen MR) is 144 cm³/mol. The molecule has 0 aliphatic carbocycles. The third kappa shape index (κ3) is 6.11. The van der Waals surface area contributed by atoms with Crippen LogP contribution in [0.15, 0.2) is 89.0 Å². The van der Waals surface area contributed by atoms with E-state index in [0.717, 1.165) is 28.0 Å². The van der Waals surface area contributed by atoms with Gasteiger partial charge in [-0.2, -0.15) is 5.10 Å². The molecule has 0 radical (unpaired) electrons. The minimum atomic E-state index is -1.02. The summed E-state index contributed by atoms with van der Waals surface area (Å²) in [5.41, 5.74) is 10.6. The fourth-order valence-electron chi connectivity index (χ4n) is 4.09. The summed E-state index contributed by atoms with van der Waals surface area (Å²) >= 11 is 6.13. The first-order valence-electron chi connectivity index (χ1n) is 11.8. The number of primary amides is 1. The van der Waals surface area contributed by atoms with Crippen LogP contribution in [0.5, 0.6) is 0 Å². The second kappa shape index (κ2) is 11.4. The number of halogens is 1. The minimum absolute atomic E-state index is 0.0441. The van der Waals surface area contributed by atoms with E-state index in [1.165, 1.54) is 6.92 Å². The molecule has 0 aromatic heterocycles. The summed E-state index contributed by atoms with van der Waals surface area (Å²) in [6.07, 6.45) is -1.01. The zero-order valence-corrected chi connectivity index (χ0v) is 21.1. The van der Waals surface area contributed by atoms with E-state index in [9.17, 15) is 9.90 Å². The maximum Gasteiger partial charge on any atom is 0.242 e. The summed E-state index contributed by atoms with van der Waals surface area (Å²) in [4.78, 5) is 16.8. The summed E-state index contributed by atoms with van der Waals surface area (Å²) in [5.74, 6) is -0.351. The highest BCUT2D eigenvalue weighted by molar-refractivity contribution is 6.30. The number of amides is 1. The highest BCUT2D eigenvalue weighted by atomic mass is 35.5. The van der Waals surface area contributed by atoms with Crippen LogP contribution in [0.3, 0.4) is 0 Å². The SMILES string of the molecule is Cc1ccc(C/N=C(\N[C@@H](C(N)=O)[C@@H](C)O)N2C[C@H](c3ccccc3)C(c3ccc(Cl)cc3)=N2)cc1. The van der Waals surface area contributed by atoms with Crippen LogP contribution in [0.2, 0.25) is 5.02 Å². The molecule has 1 amide bonds. The number of aliphatic imine (C=N–C) groups is 1. The molecule has 4 rings (SSSR count). The zero-order valence-electron chi connectivity index (χ0n) is 20.3. The Morgan fingerprint density at radius 2 is 1.81 bits per heavy atom. The fraction of sp³-hybridized carbons (Fsp3) is 0.250. The van der Waals surface area contributed by atoms with Crippen molar-refractivity contribution in [2.24, 2.45) is 15.8 Å². The van der Waals surface area contributed by atoms with E-state index in [-0.39, 0.29) is 5.92 Å². The Morgan fingerprint density at radius 3 is 2.42 bits per heavy atom. The molecule has 4 N–H and O–H groups in total. The molecule has 0 unspecified atom stereocenters. The Bertz CT molecular complexity index is 1240. The number of nitrogens with two attached hydrogens (primary N) is 1. The van der Waals surface area contributed by atoms with E-state index in [0.29, 0.717) is 24.1 Å². The van der Waals surface area contributed by atoms with E-state index in [2.05, 4.69) is 17.4 Å². The number of aliphatic hydroxyl groups excluding tert-OH is 1. The van der Waals surface area contributed by atoms with E-state index >= 15 is 0 Å². The molecule has 3 atom stereocenters. The van der Waals surface area contributed by atoms with Crippen molar-refractivity contribution in [3.8, 4) is 0 Å². The second-order valence-corrected chi connectivity index (χ2v) is 9.36. The van der Waals surface area contributed by atoms with Gasteiger partial charge in [0.25, 0.3) is 0 Å². The lowest BCUT2D eigenvalue weighted by Crippen LogP contribution is -2.54. The summed E-state index contributed by atoms with van der Waals surface area (Å²) in [5, 5.41) is 20.6. The van der Waals surface area contributed by atoms with E-state index in [1.807, 2.05) is 73.7 Å². The summed E-state index contributed by atoms with van der Waals surface area (Å²) < 4.78 is 0. The molecule has 0 fully saturated rings. The Labute approximate surface area is 216 Å². The van der Waals surface area contributed by atoms with E-state index in [4.69, 9.17) is 27.4 Å². The number of aliphatic hydroxyl groups is 1. The number of rotatable bonds is 7. The third-order valence-corrected chi connectivity index (χ3v) is 6.36. The first kappa shape index (κ1) is 25.4. The fourth-order valence-corrected chi connectivity index (χ4v) is 4.22. The van der Waals surface area contributed by atoms with Crippen molar-refractivity contribution in [2.75, 3.05) is 6.54 Å². The molecule has 7 nitrogen and oxygen atoms in total. The largest absolute Gasteiger partial charge is 0.391 e. The lowest BCUT2D eigenvalue weighted by molar-refractivity contribution is -0.121. The topological polar surface area (TPSA) is 103 Å². The molecular formula is C28H30ClN5O2. The smallest absolute Gasteiger partial charge is 0.242 e. The van der Waals surface area contributed by atoms with Gasteiger partial charge in [0.05, 0.1) is 24.9 Å². The monoisotopic (exact) mass is 503 g/mol. The molecule has 3 aromatic rings. The maximum atomic E-state index is 12.1. The first-order valence-corrected chi connectivity index (χ1v) is 12.2. The molecule has 0 saturated carbocycles. The number of nitrogens with zero attached hydrogens (tertiary/aromatic N) is 3. The second-order valence-electron chi connectivity index (χ2n) is 8.93. The van der Waals surface area contributed by atoms with Crippen LogP contribution in [-0.4, -0.2) is 46.4 Å². The number of hydrogen-bond acceptors (Lipinski definition) is 4. The highest BCUT2D eigenvalue weighted by Crippen LogP contribution is 2.29. The molecule has 1 aliphatic rings. The number of guanidine groups is 1. The zero-order chi connectivity index (χ0) is 25.7. The van der Waals surface area contributed by atoms with Crippen LogP contribution >= 0.6 is 11.6 Å². The highest BCUT2D eigenvalue weighted by Gasteiger charge is 2.33. The molecule has 8 heteroatoms. The van der Waals surface area contributed by atoms with Gasteiger partial charge in [0.2, 0.25) is 11.9 Å². The predicted octanol–water partition coefficient (Wildman–Crippen LogP) is 3.83. The molecule has 36 heavy (non-hydrogen) atoms. The average Bonchev–Trinajstić information content (AvgIpc) is 3.31. The molecule has 3 aromatic carbocycles. The van der Waals surface area contributed by atoms with E-state index in [1.54, 1.807) is 5.01 Å². The van der Waals surface area contributed by atoms with E-state index < -0.39 is 18.1 Å². The Kier molecular flexibility index (Phi) is 8.03. The number of hydrazone groups is 1. The van der Waals surface area contributed by atoms with Crippen LogP contribution in [0.1, 0.15) is 35.1 Å². The standard InChI is InChI=1S/C28H30ClN5O2/c1-18-8-10-20(11-9-18)16-31-28(32-25(19(2)35)27(30)36)34-17-24(21-6-4-3-5-7-21)26(33-34)22-12-14-23(29)15-13-22/h3-15,19,24-25,35H,16-17H2,1-2H3,(H2,30,36)(H,31,32)/t19-,24-,25-/m1/s1. The van der Waals surface area contributed by atoms with Crippen LogP contribution in [0.25, 0.3) is 0 Å². The van der Waals surface area contributed by atoms with Gasteiger partial charge < -0.3 is 16.2 Å². The summed E-state index contributed by atoms with van der Waals surface area (Å²) in [6.45, 7) is 4.40. The molecule has 186 valence electrons. The van der Waals surface area contributed by atoms with Gasteiger partial charge in [-0.1, -0.05) is 83.9 Å². The minimum Gasteiger partial charge on any atom is -0.391 e. The van der Waals surface area contributed by atoms with Crippen LogP contribution in [0, 0.1) is 6.92 Å². The summed E-state index contributed by atoms with van der Waals surface area (Å²) in [7, 11) is 0. The third-order valence-electron chi connectivity index (χ3n) is 6.11. The Hall–Kier alpha value is -3.68. The molecule has 0 bridgehead atoms. The van der Waals surface area contributed by atoms with Gasteiger partial charge in [-0.3, -0.25) is 4.79 Å². The van der Waals surface area contributed by atoms with Gasteiger partial charge in [0.1, 0.15) is 6.04 Å². The number of aryl methyl sites for hydroxylation is 1. The van der Waals surface area contributed by atoms with Gasteiger partial charge in [-0.15, -0.1) is 0 Å². The van der Waals surface area contributed by atoms with Crippen LogP contribution in [0.4, 0.5) is 0 Å². The van der Waals surface area contributed by atoms with Crippen molar-refractivity contribution in [1.82, 2.24) is 10.3 Å². The van der Waals surface area contributed by atoms with Gasteiger partial charge in [0.15, 0.2) is 0 Å². The Morgan fingerprint density at radius 1 is 1.14 bits per heavy atom. The molecule has 0 saturated heterocycles. The van der Waals surface area contributed by atoms with Crippen LogP contribution < -0.4 is 11.1 Å². The normalized spacial score (nSPS) is 17.4. The number of hydrogen-bond donors (Lipinski definition) is 3. The van der Waals surface area contributed by atoms with Gasteiger partial charge >= 0.3 is 0 Å². The van der Waals surface area contributed by atoms with Crippen molar-refractivity contribution in [1.29, 1.82) is 0 Å². The lowest BCUT2D eigenvalue weighted by Gasteiger charge is -2.25. The number of benzene rings is 3. The van der Waals surface area contributed by atoms with Gasteiger partial charge in [0, 0.05) is 10.9 Å². The first-order chi connectivity index (χ1) is 17.3. The summed E-state index contributed by atoms with van der Waals surface area (Å²) in [6, 6.07) is 24.7. The van der Waals surface area contributed by atoms with Crippen molar-refractivity contribution in [3.05, 3.63) is 106 Å². The maximum absolute atomic E-state index is 12.1. The molecule has 1 aliphatic heterocycles. The molecule has 1 heterocycles. The molecule has 0 spiro atoms. The van der Waals surface area contributed by atoms with Gasteiger partial charge in [-0.05, 0) is 42.7 Å². The van der Waals surface area contributed by atoms with Crippen molar-refractivity contribution >= 4 is 29.2 Å².